The number of amidine groups is 1. The molecule has 2 amide bonds. The van der Waals surface area contributed by atoms with Crippen LogP contribution < -0.4 is 37.7 Å². The summed E-state index contributed by atoms with van der Waals surface area (Å²) in [5.74, 6) is -4.74. The highest BCUT2D eigenvalue weighted by atomic mass is 32.2. The van der Waals surface area contributed by atoms with Crippen LogP contribution in [0.5, 0.6) is 0 Å². The molecule has 0 radical (unpaired) electrons. The molecule has 0 aliphatic heterocycles. The number of carboxylic acids is 3. The van der Waals surface area contributed by atoms with Crippen molar-refractivity contribution in [3.8, 4) is 0 Å². The van der Waals surface area contributed by atoms with Crippen molar-refractivity contribution in [2.45, 2.75) is 218 Å². The van der Waals surface area contributed by atoms with Gasteiger partial charge in [0.25, 0.3) is 0 Å². The van der Waals surface area contributed by atoms with E-state index in [1.165, 1.54) is 44.9 Å². The molecule has 0 saturated heterocycles. The number of Topliss-reactive ketones (excluding diaryl/α,β-unsaturated/α-hetero) is 1. The molecule has 0 bridgehead atoms. The van der Waals surface area contributed by atoms with Gasteiger partial charge in [0, 0.05) is 76.5 Å². The molecule has 0 spiro atoms. The lowest BCUT2D eigenvalue weighted by atomic mass is 9.94. The Hall–Kier alpha value is -5.15. The van der Waals surface area contributed by atoms with Crippen molar-refractivity contribution in [3.05, 3.63) is 18.2 Å². The molecular weight excluding hydrogens is 1140 g/mol. The van der Waals surface area contributed by atoms with Gasteiger partial charge in [-0.15, -0.1) is 5.10 Å². The number of nitrogens with two attached hydrogens (primary N) is 1. The second kappa shape index (κ2) is 55.2. The molecule has 13 N–H and O–H groups in total. The van der Waals surface area contributed by atoms with Gasteiger partial charge in [-0.2, -0.15) is 22.0 Å². The van der Waals surface area contributed by atoms with Crippen molar-refractivity contribution >= 4 is 51.4 Å². The Bertz CT molecular complexity index is 2060. The van der Waals surface area contributed by atoms with Crippen LogP contribution in [0.1, 0.15) is 205 Å². The molecule has 1 heterocycles. The predicted molar refractivity (Wildman–Crippen MR) is 319 cm³/mol. The fraction of sp³-hybridized carbons (Fsp3) is 0.821. The number of imidazole rings is 1. The van der Waals surface area contributed by atoms with E-state index in [4.69, 9.17) is 40.1 Å². The van der Waals surface area contributed by atoms with Gasteiger partial charge in [0.1, 0.15) is 23.7 Å². The number of aryl methyl sites for hydroxylation is 1. The maximum absolute atomic E-state index is 12.4. The van der Waals surface area contributed by atoms with E-state index in [0.717, 1.165) is 82.7 Å². The lowest BCUT2D eigenvalue weighted by Gasteiger charge is -2.17. The highest BCUT2D eigenvalue weighted by Gasteiger charge is 2.22. The monoisotopic (exact) mass is 1250 g/mol. The van der Waals surface area contributed by atoms with Crippen molar-refractivity contribution in [1.29, 1.82) is 5.53 Å². The number of carboxylic acid groups (broad SMARTS) is 3. The topological polar surface area (TPSA) is 428 Å². The standard InChI is InChI=1S/C56H104N12O17S/c57-51(64-68-58)25-17-13-9-6-4-2-1-3-5-7-10-14-18-26-53(71)67-86(78,79)41-23-27-52(70)60-32-20-15-11-8-12-16-22-35-83-65-50(56(76)77)31-37-84-66-49(55(74)75)30-36-82-63-34-38-80-39-40-81-45-85-62-33-21-19-24-46(54(72)73)42-48(69)29-28-47-43-59-44-61-47/h43-44,46,49-50,62-63,65-66H,1-42,45H2,(H,59,61)(H,60,70)(H,67,71)(H,72,73)(H,74,75)(H,76,77)(H3,57,58,64)/t46-,49+,50+/m1/s1. The molecule has 0 saturated carbocycles. The molecule has 0 fully saturated rings. The minimum atomic E-state index is -3.80. The number of carbonyl (C=O) groups is 6. The Morgan fingerprint density at radius 2 is 1.12 bits per heavy atom. The van der Waals surface area contributed by atoms with E-state index in [1.54, 1.807) is 6.20 Å². The number of nitrogens with one attached hydrogen (secondary N) is 8. The van der Waals surface area contributed by atoms with Gasteiger partial charge in [-0.1, -0.05) is 114 Å². The molecule has 496 valence electrons. The number of hydrogen-bond donors (Lipinski definition) is 12. The van der Waals surface area contributed by atoms with Gasteiger partial charge in [-0.05, 0) is 51.4 Å². The first-order valence-corrected chi connectivity index (χ1v) is 32.5. The lowest BCUT2D eigenvalue weighted by Crippen LogP contribution is -2.41. The molecular formula is C56H104N12O17S. The first-order chi connectivity index (χ1) is 41.6. The normalized spacial score (nSPS) is 12.9. The number of sulfonamides is 1. The summed E-state index contributed by atoms with van der Waals surface area (Å²) in [6.07, 6.45) is 27.0. The van der Waals surface area contributed by atoms with E-state index in [1.807, 2.05) is 0 Å². The zero-order valence-electron chi connectivity index (χ0n) is 50.7. The van der Waals surface area contributed by atoms with Crippen molar-refractivity contribution in [2.24, 2.45) is 22.0 Å². The second-order valence-corrected chi connectivity index (χ2v) is 23.0. The van der Waals surface area contributed by atoms with Gasteiger partial charge in [-0.25, -0.2) is 18.9 Å². The van der Waals surface area contributed by atoms with E-state index in [-0.39, 0.29) is 102 Å². The first-order valence-electron chi connectivity index (χ1n) is 30.9. The summed E-state index contributed by atoms with van der Waals surface area (Å²) in [5.41, 5.74) is 23.5. The first kappa shape index (κ1) is 78.9. The van der Waals surface area contributed by atoms with Gasteiger partial charge < -0.3 is 55.3 Å². The van der Waals surface area contributed by atoms with Crippen LogP contribution in [0.3, 0.4) is 0 Å². The van der Waals surface area contributed by atoms with E-state index < -0.39 is 51.8 Å². The van der Waals surface area contributed by atoms with Crippen LogP contribution in [0.15, 0.2) is 22.8 Å². The van der Waals surface area contributed by atoms with Crippen LogP contribution in [-0.2, 0) is 74.0 Å². The Labute approximate surface area is 508 Å². The van der Waals surface area contributed by atoms with Crippen molar-refractivity contribution < 1.29 is 81.3 Å². The van der Waals surface area contributed by atoms with Crippen LogP contribution >= 0.6 is 0 Å². The zero-order valence-corrected chi connectivity index (χ0v) is 51.5. The van der Waals surface area contributed by atoms with Gasteiger partial charge in [0.15, 0.2) is 6.79 Å². The molecule has 1 aromatic heterocycles. The SMILES string of the molecule is N=N/N=C(\N)CCCCCCCCCCCCCCCC(=O)NS(=O)(=O)CCCC(=O)NCCCCCCCCCON[C@@H](CCON[C@@H](CCONCCOCCOCONCCCC[C@H](CC(=O)CCc1cnc[nH]1)C(=O)O)C(=O)O)C(=O)O. The highest BCUT2D eigenvalue weighted by Crippen LogP contribution is 2.17. The number of carbonyl (C=O) groups excluding carboxylic acids is 3. The number of ether oxygens (including phenoxy) is 2. The number of aromatic amines is 1. The summed E-state index contributed by atoms with van der Waals surface area (Å²) >= 11 is 0. The Morgan fingerprint density at radius 3 is 1.72 bits per heavy atom. The maximum atomic E-state index is 12.4. The van der Waals surface area contributed by atoms with Crippen molar-refractivity contribution in [1.82, 2.24) is 41.9 Å². The minimum Gasteiger partial charge on any atom is -0.481 e. The number of rotatable bonds is 65. The largest absolute Gasteiger partial charge is 0.481 e. The third-order valence-electron chi connectivity index (χ3n) is 13.6. The molecule has 0 aliphatic rings. The molecule has 1 aromatic rings. The molecule has 0 aliphatic carbocycles. The predicted octanol–water partition coefficient (Wildman–Crippen LogP) is 6.16. The summed E-state index contributed by atoms with van der Waals surface area (Å²) in [4.78, 5) is 99.6. The van der Waals surface area contributed by atoms with Crippen LogP contribution in [0.4, 0.5) is 0 Å². The Balaban J connectivity index is 1.94. The van der Waals surface area contributed by atoms with Crippen LogP contribution in [0.2, 0.25) is 0 Å². The van der Waals surface area contributed by atoms with E-state index >= 15 is 0 Å². The molecule has 30 heteroatoms. The highest BCUT2D eigenvalue weighted by molar-refractivity contribution is 7.90. The average Bonchev–Trinajstić information content (AvgIpc) is 4.13. The number of aliphatic carboxylic acids is 3. The van der Waals surface area contributed by atoms with Crippen molar-refractivity contribution in [2.75, 3.05) is 71.8 Å². The summed E-state index contributed by atoms with van der Waals surface area (Å²) < 4.78 is 37.6. The zero-order chi connectivity index (χ0) is 63.0. The third-order valence-corrected chi connectivity index (χ3v) is 15.0. The summed E-state index contributed by atoms with van der Waals surface area (Å²) in [6, 6.07) is -2.19. The van der Waals surface area contributed by atoms with Gasteiger partial charge in [-0.3, -0.25) is 38.3 Å². The van der Waals surface area contributed by atoms with Gasteiger partial charge >= 0.3 is 17.9 Å². The lowest BCUT2D eigenvalue weighted by molar-refractivity contribution is -0.149. The van der Waals surface area contributed by atoms with Crippen LogP contribution in [-0.4, -0.2) is 159 Å². The number of amides is 2. The molecule has 3 atom stereocenters. The van der Waals surface area contributed by atoms with Crippen LogP contribution in [0.25, 0.3) is 0 Å². The number of aromatic nitrogens is 2. The fourth-order valence-electron chi connectivity index (χ4n) is 8.65. The second-order valence-electron chi connectivity index (χ2n) is 21.1. The molecule has 0 aromatic carbocycles. The minimum absolute atomic E-state index is 0.00114. The molecule has 0 unspecified atom stereocenters. The Kier molecular flexibility index (Phi) is 50.6. The number of hydrogen-bond acceptors (Lipinski definition) is 21. The molecule has 29 nitrogen and oxygen atoms in total. The van der Waals surface area contributed by atoms with Crippen LogP contribution in [0, 0.1) is 11.4 Å². The summed E-state index contributed by atoms with van der Waals surface area (Å²) in [7, 11) is -3.80. The van der Waals surface area contributed by atoms with Gasteiger partial charge in [0.2, 0.25) is 21.8 Å². The van der Waals surface area contributed by atoms with Crippen molar-refractivity contribution in [3.63, 3.8) is 0 Å². The number of ketones is 1. The molecule has 1 rings (SSSR count). The summed E-state index contributed by atoms with van der Waals surface area (Å²) in [5, 5.41) is 37.9. The number of hydroxylamine groups is 4. The summed E-state index contributed by atoms with van der Waals surface area (Å²) in [6.45, 7) is 2.32. The number of unbranched alkanes of at least 4 members (excludes halogenated alkanes) is 19. The Morgan fingerprint density at radius 1 is 0.570 bits per heavy atom. The number of nitrogens with zero attached hydrogens (tertiary/aromatic N) is 3. The molecule has 86 heavy (non-hydrogen) atoms. The van der Waals surface area contributed by atoms with Gasteiger partial charge in [0.05, 0.1) is 57.6 Å². The van der Waals surface area contributed by atoms with E-state index in [9.17, 15) is 52.5 Å². The quantitative estimate of drug-likeness (QED) is 0.00867. The third kappa shape index (κ3) is 49.9. The average molecular weight is 1250 g/mol. The fourth-order valence-corrected chi connectivity index (χ4v) is 9.73. The number of H-pyrrole nitrogens is 1. The van der Waals surface area contributed by atoms with E-state index in [2.05, 4.69) is 52.3 Å². The van der Waals surface area contributed by atoms with E-state index in [0.29, 0.717) is 77.0 Å². The maximum Gasteiger partial charge on any atom is 0.323 e. The smallest absolute Gasteiger partial charge is 0.323 e.